The second kappa shape index (κ2) is 26.6. The maximum absolute atomic E-state index is 13.6. The van der Waals surface area contributed by atoms with Gasteiger partial charge in [0.15, 0.2) is 0 Å². The molecule has 3 fully saturated rings. The number of ketones is 2. The number of carbonyl (C=O) groups is 6. The van der Waals surface area contributed by atoms with Crippen LogP contribution in [0, 0.1) is 0 Å². The highest BCUT2D eigenvalue weighted by Crippen LogP contribution is 2.41. The summed E-state index contributed by atoms with van der Waals surface area (Å²) in [5.41, 5.74) is 0.707. The van der Waals surface area contributed by atoms with Gasteiger partial charge in [-0.15, -0.1) is 11.8 Å². The van der Waals surface area contributed by atoms with E-state index in [1.807, 2.05) is 23.9 Å². The maximum Gasteiger partial charge on any atom is 0.315 e. The molecule has 4 aromatic rings. The van der Waals surface area contributed by atoms with E-state index in [0.29, 0.717) is 61.2 Å². The number of nitrogens with zero attached hydrogens (tertiary/aromatic N) is 1. The first-order valence-electron chi connectivity index (χ1n) is 25.9. The van der Waals surface area contributed by atoms with Crippen LogP contribution in [0.15, 0.2) is 54.6 Å². The fraction of sp³-hybridized carbons (Fsp3) is 0.600. The lowest BCUT2D eigenvalue weighted by Crippen LogP contribution is -2.36. The van der Waals surface area contributed by atoms with Crippen molar-refractivity contribution in [2.45, 2.75) is 190 Å². The summed E-state index contributed by atoms with van der Waals surface area (Å²) in [5.74, 6) is 2.49. The molecule has 4 aromatic carbocycles. The number of carbonyl (C=O) groups excluding carboxylic acids is 6. The van der Waals surface area contributed by atoms with Crippen molar-refractivity contribution in [3.8, 4) is 0 Å². The van der Waals surface area contributed by atoms with Gasteiger partial charge in [0.25, 0.3) is 0 Å². The van der Waals surface area contributed by atoms with Gasteiger partial charge in [-0.1, -0.05) is 126 Å². The molecule has 7 rings (SSSR count). The number of hydrogen-bond acceptors (Lipinski definition) is 8. The van der Waals surface area contributed by atoms with E-state index in [1.165, 1.54) is 59.6 Å². The lowest BCUT2D eigenvalue weighted by molar-refractivity contribution is -0.122. The third kappa shape index (κ3) is 14.7. The average molecular weight is 951 g/mol. The molecule has 0 radical (unpaired) electrons. The fourth-order valence-electron chi connectivity index (χ4n) is 10.4. The Morgan fingerprint density at radius 3 is 1.84 bits per heavy atom. The van der Waals surface area contributed by atoms with Crippen LogP contribution in [0.5, 0.6) is 0 Å². The smallest absolute Gasteiger partial charge is 0.315 e. The molecule has 0 aromatic heterocycles. The Hall–Kier alpha value is -4.16. The van der Waals surface area contributed by atoms with Crippen LogP contribution < -0.4 is 20.9 Å². The number of nitrogens with one attached hydrogen (secondary N) is 3. The number of urea groups is 1. The van der Waals surface area contributed by atoms with Gasteiger partial charge in [0.1, 0.15) is 11.6 Å². The van der Waals surface area contributed by atoms with E-state index < -0.39 is 0 Å². The van der Waals surface area contributed by atoms with Crippen molar-refractivity contribution < 1.29 is 28.8 Å². The molecular weight excluding hydrogens is 877 g/mol. The number of fused-ring (bicyclic) bond motifs is 1. The Morgan fingerprint density at radius 1 is 0.612 bits per heavy atom. The Kier molecular flexibility index (Phi) is 20.1. The van der Waals surface area contributed by atoms with Crippen LogP contribution in [-0.2, 0) is 24.0 Å². The first-order valence-corrected chi connectivity index (χ1v) is 28.0. The summed E-state index contributed by atoms with van der Waals surface area (Å²) in [6, 6.07) is 19.1. The maximum atomic E-state index is 13.6. The number of rotatable bonds is 33. The van der Waals surface area contributed by atoms with Crippen molar-refractivity contribution in [3.63, 3.8) is 0 Å². The molecule has 3 aliphatic rings. The predicted octanol–water partition coefficient (Wildman–Crippen LogP) is 12.1. The second-order valence-electron chi connectivity index (χ2n) is 19.4. The molecule has 3 N–H and O–H groups in total. The molecule has 3 heterocycles. The van der Waals surface area contributed by atoms with E-state index in [4.69, 9.17) is 0 Å². The van der Waals surface area contributed by atoms with E-state index >= 15 is 0 Å². The molecule has 10 nitrogen and oxygen atoms in total. The normalized spacial score (nSPS) is 19.2. The third-order valence-electron chi connectivity index (χ3n) is 14.2. The Labute approximate surface area is 406 Å². The topological polar surface area (TPSA) is 142 Å². The molecule has 0 aliphatic carbocycles. The van der Waals surface area contributed by atoms with Crippen molar-refractivity contribution in [1.82, 2.24) is 16.0 Å². The van der Waals surface area contributed by atoms with E-state index in [1.54, 1.807) is 11.8 Å². The van der Waals surface area contributed by atoms with Crippen LogP contribution in [0.4, 0.5) is 10.5 Å². The first-order chi connectivity index (χ1) is 32.8. The zero-order chi connectivity index (χ0) is 46.8. The van der Waals surface area contributed by atoms with Crippen molar-refractivity contribution in [1.29, 1.82) is 0 Å². The number of hydrogen-bond donors (Lipinski definition) is 3. The Balaban J connectivity index is 0.604. The van der Waals surface area contributed by atoms with Gasteiger partial charge in [0.2, 0.25) is 17.7 Å². The molecule has 0 spiro atoms. The summed E-state index contributed by atoms with van der Waals surface area (Å²) in [4.78, 5) is 76.7. The number of anilines is 1. The van der Waals surface area contributed by atoms with E-state index in [0.717, 1.165) is 118 Å². The average Bonchev–Trinajstić information content (AvgIpc) is 3.98. The van der Waals surface area contributed by atoms with Gasteiger partial charge in [0, 0.05) is 61.5 Å². The molecule has 1 unspecified atom stereocenters. The summed E-state index contributed by atoms with van der Waals surface area (Å²) in [6.07, 6.45) is 24.5. The molecule has 0 saturated carbocycles. The lowest BCUT2D eigenvalue weighted by atomic mass is 9.93. The Morgan fingerprint density at radius 2 is 1.16 bits per heavy atom. The van der Waals surface area contributed by atoms with Crippen LogP contribution in [0.1, 0.15) is 167 Å². The van der Waals surface area contributed by atoms with Gasteiger partial charge in [-0.05, 0) is 90.1 Å². The minimum atomic E-state index is -0.308. The van der Waals surface area contributed by atoms with E-state index in [-0.39, 0.29) is 47.5 Å². The zero-order valence-electron chi connectivity index (χ0n) is 39.7. The predicted molar refractivity (Wildman–Crippen MR) is 277 cm³/mol. The zero-order valence-corrected chi connectivity index (χ0v) is 41.4. The molecule has 5 amide bonds. The van der Waals surface area contributed by atoms with Crippen molar-refractivity contribution in [2.24, 2.45) is 0 Å². The summed E-state index contributed by atoms with van der Waals surface area (Å²) in [6.45, 7) is 0.670. The van der Waals surface area contributed by atoms with Crippen LogP contribution in [-0.4, -0.2) is 76.0 Å². The SMILES string of the molecule is O=C(CCCCCCCCCCCCSC1CC(=O)N(c2ccc3ccc4cccc5ccc2c3c45)C1=O)CCCCCNC(=O)CCCCCCC(=O)CCCC[C@@H]1SC[C@@H]2NC(=O)N[C@@H]21. The van der Waals surface area contributed by atoms with Crippen LogP contribution in [0.3, 0.4) is 0 Å². The van der Waals surface area contributed by atoms with Crippen molar-refractivity contribution in [3.05, 3.63) is 54.6 Å². The van der Waals surface area contributed by atoms with E-state index in [2.05, 4.69) is 58.4 Å². The molecule has 3 aliphatic heterocycles. The second-order valence-corrected chi connectivity index (χ2v) is 22.0. The number of imide groups is 1. The number of unbranched alkanes of at least 4 members (excludes halogenated alkanes) is 15. The largest absolute Gasteiger partial charge is 0.356 e. The summed E-state index contributed by atoms with van der Waals surface area (Å²) in [5, 5.41) is 15.9. The first kappa shape index (κ1) is 50.7. The van der Waals surface area contributed by atoms with Crippen molar-refractivity contribution >= 4 is 96.8 Å². The van der Waals surface area contributed by atoms with Gasteiger partial charge < -0.3 is 16.0 Å². The molecule has 4 atom stereocenters. The minimum absolute atomic E-state index is 0.0484. The molecule has 3 saturated heterocycles. The summed E-state index contributed by atoms with van der Waals surface area (Å²) in [7, 11) is 0. The third-order valence-corrected chi connectivity index (χ3v) is 17.0. The molecule has 12 heteroatoms. The van der Waals surface area contributed by atoms with Gasteiger partial charge in [0.05, 0.1) is 23.0 Å². The summed E-state index contributed by atoms with van der Waals surface area (Å²) >= 11 is 3.57. The van der Waals surface area contributed by atoms with Crippen LogP contribution >= 0.6 is 23.5 Å². The monoisotopic (exact) mass is 951 g/mol. The van der Waals surface area contributed by atoms with Gasteiger partial charge >= 0.3 is 6.03 Å². The lowest BCUT2D eigenvalue weighted by Gasteiger charge is -2.20. The fourth-order valence-corrected chi connectivity index (χ4v) is 13.1. The Bertz CT molecular complexity index is 2270. The number of benzene rings is 4. The number of amides is 5. The van der Waals surface area contributed by atoms with Gasteiger partial charge in [-0.25, -0.2) is 9.69 Å². The quantitative estimate of drug-likeness (QED) is 0.0185. The molecule has 67 heavy (non-hydrogen) atoms. The highest BCUT2D eigenvalue weighted by Gasteiger charge is 2.43. The molecule has 0 bridgehead atoms. The number of thioether (sulfide) groups is 2. The van der Waals surface area contributed by atoms with Gasteiger partial charge in [-0.2, -0.15) is 11.8 Å². The highest BCUT2D eigenvalue weighted by atomic mass is 32.2. The summed E-state index contributed by atoms with van der Waals surface area (Å²) < 4.78 is 0. The van der Waals surface area contributed by atoms with E-state index in [9.17, 15) is 28.8 Å². The standard InChI is InChI=1S/C55H74N4O6S2/c60-42(25-14-11-18-35-56-49(62)28-15-9-8-13-24-43(61)26-16-17-27-47-53-45(38-67-47)57-55(65)58-53)23-12-7-5-3-1-2-4-6-10-19-36-66-48-37-50(63)59(54(48)64)46-34-32-41-30-29-39-21-20-22-40-31-33-44(46)52(41)51(39)40/h20-22,29-34,45,47-48,53H,1-19,23-28,35-38H2,(H,56,62)(H2,57,58,65)/t45-,47-,48?,53-/m0/s1. The highest BCUT2D eigenvalue weighted by molar-refractivity contribution is 8.00. The van der Waals surface area contributed by atoms with Crippen LogP contribution in [0.2, 0.25) is 0 Å². The van der Waals surface area contributed by atoms with Crippen LogP contribution in [0.25, 0.3) is 32.3 Å². The van der Waals surface area contributed by atoms with Crippen molar-refractivity contribution in [2.75, 3.05) is 23.0 Å². The van der Waals surface area contributed by atoms with Gasteiger partial charge in [-0.3, -0.25) is 24.0 Å². The number of Topliss-reactive ketones (excluding diaryl/α,β-unsaturated/α-hetero) is 2. The molecular formula is C55H74N4O6S2. The minimum Gasteiger partial charge on any atom is -0.356 e. The molecule has 362 valence electrons.